The SMILES string of the molecule is C1CCOC1.CCCCCO. The summed E-state index contributed by atoms with van der Waals surface area (Å²) in [7, 11) is 0. The fourth-order valence-corrected chi connectivity index (χ4v) is 0.872. The van der Waals surface area contributed by atoms with Gasteiger partial charge < -0.3 is 9.84 Å². The highest BCUT2D eigenvalue weighted by molar-refractivity contribution is 4.43. The van der Waals surface area contributed by atoms with E-state index < -0.39 is 0 Å². The number of ether oxygens (including phenoxy) is 1. The van der Waals surface area contributed by atoms with Gasteiger partial charge in [-0.15, -0.1) is 0 Å². The average molecular weight is 160 g/mol. The zero-order chi connectivity index (χ0) is 8.36. The number of aliphatic hydroxyl groups is 1. The smallest absolute Gasteiger partial charge is 0.0466 e. The quantitative estimate of drug-likeness (QED) is 0.639. The van der Waals surface area contributed by atoms with Gasteiger partial charge in [-0.2, -0.15) is 0 Å². The molecular formula is C9H20O2. The molecule has 2 heteroatoms. The Balaban J connectivity index is 0.000000183. The van der Waals surface area contributed by atoms with Crippen LogP contribution in [-0.2, 0) is 4.74 Å². The van der Waals surface area contributed by atoms with Crippen LogP contribution in [0.4, 0.5) is 0 Å². The van der Waals surface area contributed by atoms with Crippen LogP contribution in [0.1, 0.15) is 39.0 Å². The third kappa shape index (κ3) is 9.92. The summed E-state index contributed by atoms with van der Waals surface area (Å²) in [5.41, 5.74) is 0. The number of hydrogen-bond acceptors (Lipinski definition) is 2. The van der Waals surface area contributed by atoms with E-state index in [-0.39, 0.29) is 0 Å². The van der Waals surface area contributed by atoms with Gasteiger partial charge in [0.2, 0.25) is 0 Å². The minimum atomic E-state index is 0.355. The van der Waals surface area contributed by atoms with Crippen LogP contribution in [0.5, 0.6) is 0 Å². The van der Waals surface area contributed by atoms with E-state index in [1.807, 2.05) is 0 Å². The first-order valence-electron chi connectivity index (χ1n) is 4.60. The molecule has 0 aromatic rings. The van der Waals surface area contributed by atoms with Crippen LogP contribution in [0.3, 0.4) is 0 Å². The maximum Gasteiger partial charge on any atom is 0.0466 e. The second-order valence-corrected chi connectivity index (χ2v) is 2.75. The maximum absolute atomic E-state index is 8.20. The second-order valence-electron chi connectivity index (χ2n) is 2.75. The summed E-state index contributed by atoms with van der Waals surface area (Å²) in [5.74, 6) is 0. The Kier molecular flexibility index (Phi) is 9.85. The third-order valence-corrected chi connectivity index (χ3v) is 1.59. The van der Waals surface area contributed by atoms with Crippen molar-refractivity contribution in [1.29, 1.82) is 0 Å². The Morgan fingerprint density at radius 1 is 1.18 bits per heavy atom. The highest BCUT2D eigenvalue weighted by Crippen LogP contribution is 1.98. The molecule has 1 fully saturated rings. The van der Waals surface area contributed by atoms with Crippen molar-refractivity contribution in [3.63, 3.8) is 0 Å². The number of hydrogen-bond donors (Lipinski definition) is 1. The predicted molar refractivity (Wildman–Crippen MR) is 46.7 cm³/mol. The predicted octanol–water partition coefficient (Wildman–Crippen LogP) is 1.97. The van der Waals surface area contributed by atoms with Gasteiger partial charge in [-0.3, -0.25) is 0 Å². The molecule has 1 rings (SSSR count). The summed E-state index contributed by atoms with van der Waals surface area (Å²) in [5, 5.41) is 8.20. The fourth-order valence-electron chi connectivity index (χ4n) is 0.872. The van der Waals surface area contributed by atoms with E-state index in [1.165, 1.54) is 19.3 Å². The molecule has 0 saturated carbocycles. The number of unbranched alkanes of at least 4 members (excludes halogenated alkanes) is 2. The zero-order valence-corrected chi connectivity index (χ0v) is 7.51. The number of aliphatic hydroxyl groups excluding tert-OH is 1. The van der Waals surface area contributed by atoms with Gasteiger partial charge in [-0.1, -0.05) is 19.8 Å². The lowest BCUT2D eigenvalue weighted by Gasteiger charge is -1.85. The zero-order valence-electron chi connectivity index (χ0n) is 7.51. The molecule has 0 bridgehead atoms. The van der Waals surface area contributed by atoms with Crippen LogP contribution in [0, 0.1) is 0 Å². The monoisotopic (exact) mass is 160 g/mol. The Labute approximate surface area is 69.6 Å². The summed E-state index contributed by atoms with van der Waals surface area (Å²) in [6.45, 7) is 4.48. The van der Waals surface area contributed by atoms with Crippen LogP contribution in [-0.4, -0.2) is 24.9 Å². The van der Waals surface area contributed by atoms with E-state index in [4.69, 9.17) is 9.84 Å². The number of rotatable bonds is 3. The average Bonchev–Trinajstić information content (AvgIpc) is 2.57. The molecule has 1 N–H and O–H groups in total. The van der Waals surface area contributed by atoms with Gasteiger partial charge in [0.25, 0.3) is 0 Å². The molecule has 0 spiro atoms. The van der Waals surface area contributed by atoms with Crippen molar-refractivity contribution in [2.75, 3.05) is 19.8 Å². The van der Waals surface area contributed by atoms with Gasteiger partial charge >= 0.3 is 0 Å². The van der Waals surface area contributed by atoms with Crippen molar-refractivity contribution >= 4 is 0 Å². The van der Waals surface area contributed by atoms with Crippen LogP contribution in [0.2, 0.25) is 0 Å². The van der Waals surface area contributed by atoms with Crippen molar-refractivity contribution < 1.29 is 9.84 Å². The van der Waals surface area contributed by atoms with E-state index in [9.17, 15) is 0 Å². The van der Waals surface area contributed by atoms with E-state index in [2.05, 4.69) is 6.92 Å². The van der Waals surface area contributed by atoms with Crippen LogP contribution in [0.15, 0.2) is 0 Å². The van der Waals surface area contributed by atoms with E-state index >= 15 is 0 Å². The normalized spacial score (nSPS) is 15.8. The molecule has 0 radical (unpaired) electrons. The lowest BCUT2D eigenvalue weighted by Crippen LogP contribution is -1.78. The van der Waals surface area contributed by atoms with Gasteiger partial charge in [0.15, 0.2) is 0 Å². The first kappa shape index (κ1) is 10.9. The molecule has 1 aliphatic heterocycles. The molecule has 1 saturated heterocycles. The van der Waals surface area contributed by atoms with Gasteiger partial charge in [0.05, 0.1) is 0 Å². The Morgan fingerprint density at radius 2 is 1.82 bits per heavy atom. The molecule has 2 nitrogen and oxygen atoms in total. The summed E-state index contributed by atoms with van der Waals surface area (Å²) < 4.78 is 4.94. The summed E-state index contributed by atoms with van der Waals surface area (Å²) in [6, 6.07) is 0. The van der Waals surface area contributed by atoms with Crippen LogP contribution < -0.4 is 0 Å². The van der Waals surface area contributed by atoms with Gasteiger partial charge in [0.1, 0.15) is 0 Å². The van der Waals surface area contributed by atoms with Crippen molar-refractivity contribution in [1.82, 2.24) is 0 Å². The van der Waals surface area contributed by atoms with E-state index in [0.717, 1.165) is 26.1 Å². The Bertz CT molecular complexity index is 49.0. The minimum absolute atomic E-state index is 0.355. The van der Waals surface area contributed by atoms with Gasteiger partial charge in [0, 0.05) is 19.8 Å². The molecule has 1 aliphatic rings. The third-order valence-electron chi connectivity index (χ3n) is 1.59. The molecule has 68 valence electrons. The highest BCUT2D eigenvalue weighted by atomic mass is 16.5. The summed E-state index contributed by atoms with van der Waals surface area (Å²) in [4.78, 5) is 0. The molecule has 1 heterocycles. The maximum atomic E-state index is 8.20. The lowest BCUT2D eigenvalue weighted by molar-refractivity contribution is 0.198. The second kappa shape index (κ2) is 9.92. The molecule has 0 atom stereocenters. The summed E-state index contributed by atoms with van der Waals surface area (Å²) >= 11 is 0. The Hall–Kier alpha value is -0.0800. The van der Waals surface area contributed by atoms with Crippen LogP contribution in [0.25, 0.3) is 0 Å². The molecule has 0 unspecified atom stereocenters. The first-order chi connectivity index (χ1) is 5.41. The van der Waals surface area contributed by atoms with Crippen molar-refractivity contribution in [2.24, 2.45) is 0 Å². The topological polar surface area (TPSA) is 29.5 Å². The molecule has 0 amide bonds. The van der Waals surface area contributed by atoms with Gasteiger partial charge in [-0.25, -0.2) is 0 Å². The molecule has 0 aromatic heterocycles. The summed E-state index contributed by atoms with van der Waals surface area (Å²) in [6.07, 6.45) is 5.88. The molecular weight excluding hydrogens is 140 g/mol. The van der Waals surface area contributed by atoms with Crippen molar-refractivity contribution in [3.05, 3.63) is 0 Å². The van der Waals surface area contributed by atoms with Crippen LogP contribution >= 0.6 is 0 Å². The van der Waals surface area contributed by atoms with E-state index in [0.29, 0.717) is 6.61 Å². The molecule has 0 aliphatic carbocycles. The Morgan fingerprint density at radius 3 is 2.00 bits per heavy atom. The van der Waals surface area contributed by atoms with E-state index in [1.54, 1.807) is 0 Å². The fraction of sp³-hybridized carbons (Fsp3) is 1.00. The lowest BCUT2D eigenvalue weighted by atomic mass is 10.3. The highest BCUT2D eigenvalue weighted by Gasteiger charge is 1.94. The largest absolute Gasteiger partial charge is 0.396 e. The standard InChI is InChI=1S/C5H12O.C4H8O/c1-2-3-4-5-6;1-2-4-5-3-1/h6H,2-5H2,1H3;1-4H2. The van der Waals surface area contributed by atoms with Gasteiger partial charge in [-0.05, 0) is 19.3 Å². The van der Waals surface area contributed by atoms with Crippen molar-refractivity contribution in [2.45, 2.75) is 39.0 Å². The van der Waals surface area contributed by atoms with Crippen molar-refractivity contribution in [3.8, 4) is 0 Å². The minimum Gasteiger partial charge on any atom is -0.396 e. The first-order valence-corrected chi connectivity index (χ1v) is 4.60. The molecule has 11 heavy (non-hydrogen) atoms. The molecule has 0 aromatic carbocycles.